The van der Waals surface area contributed by atoms with E-state index in [1.807, 2.05) is 0 Å². The van der Waals surface area contributed by atoms with Crippen molar-refractivity contribution in [3.8, 4) is 0 Å². The number of aliphatic hydroxyl groups excluding tert-OH is 1. The van der Waals surface area contributed by atoms with E-state index >= 15 is 0 Å². The summed E-state index contributed by atoms with van der Waals surface area (Å²) < 4.78 is 0. The first-order valence-electron chi connectivity index (χ1n) is 11.3. The Balaban J connectivity index is 1.29. The van der Waals surface area contributed by atoms with Crippen LogP contribution in [0.3, 0.4) is 0 Å². The highest BCUT2D eigenvalue weighted by atomic mass is 16.3. The molecular formula is C25H35N3O. The molecule has 2 aliphatic rings. The van der Waals surface area contributed by atoms with Gasteiger partial charge in [-0.1, -0.05) is 48.5 Å². The fourth-order valence-corrected chi connectivity index (χ4v) is 5.01. The van der Waals surface area contributed by atoms with Crippen molar-refractivity contribution < 1.29 is 5.11 Å². The summed E-state index contributed by atoms with van der Waals surface area (Å²) in [4.78, 5) is 7.85. The van der Waals surface area contributed by atoms with E-state index in [2.05, 4.69) is 75.4 Å². The summed E-state index contributed by atoms with van der Waals surface area (Å²) in [7, 11) is 0. The SMILES string of the molecule is OCC[C@@H]1CN(C2CCN(c3ccccc3)CC2)CCN1CCc1ccccc1. The summed E-state index contributed by atoms with van der Waals surface area (Å²) in [6, 6.07) is 22.7. The zero-order valence-corrected chi connectivity index (χ0v) is 17.5. The van der Waals surface area contributed by atoms with Gasteiger partial charge in [-0.15, -0.1) is 0 Å². The van der Waals surface area contributed by atoms with E-state index in [4.69, 9.17) is 0 Å². The van der Waals surface area contributed by atoms with E-state index in [0.717, 1.165) is 52.1 Å². The van der Waals surface area contributed by atoms with E-state index in [1.54, 1.807) is 0 Å². The third-order valence-electron chi connectivity index (χ3n) is 6.73. The molecule has 0 amide bonds. The lowest BCUT2D eigenvalue weighted by Crippen LogP contribution is -2.58. The van der Waals surface area contributed by atoms with E-state index in [0.29, 0.717) is 12.1 Å². The molecule has 0 bridgehead atoms. The van der Waals surface area contributed by atoms with Crippen LogP contribution in [0.2, 0.25) is 0 Å². The van der Waals surface area contributed by atoms with Gasteiger partial charge in [0.25, 0.3) is 0 Å². The normalized spacial score (nSPS) is 22.1. The minimum absolute atomic E-state index is 0.285. The molecule has 0 aromatic heterocycles. The Morgan fingerprint density at radius 1 is 0.828 bits per heavy atom. The highest BCUT2D eigenvalue weighted by molar-refractivity contribution is 5.46. The Bertz CT molecular complexity index is 715. The molecule has 2 aromatic rings. The molecule has 0 radical (unpaired) electrons. The number of rotatable bonds is 7. The van der Waals surface area contributed by atoms with E-state index in [-0.39, 0.29) is 6.61 Å². The molecular weight excluding hydrogens is 358 g/mol. The van der Waals surface area contributed by atoms with Gasteiger partial charge in [0.2, 0.25) is 0 Å². The summed E-state index contributed by atoms with van der Waals surface area (Å²) in [5.41, 5.74) is 2.76. The Morgan fingerprint density at radius 2 is 1.52 bits per heavy atom. The zero-order chi connectivity index (χ0) is 19.9. The highest BCUT2D eigenvalue weighted by Crippen LogP contribution is 2.25. The average molecular weight is 394 g/mol. The molecule has 0 spiro atoms. The molecule has 2 aliphatic heterocycles. The Hall–Kier alpha value is -1.88. The summed E-state index contributed by atoms with van der Waals surface area (Å²) in [6.07, 6.45) is 4.46. The van der Waals surface area contributed by atoms with Crippen LogP contribution in [0.1, 0.15) is 24.8 Å². The van der Waals surface area contributed by atoms with Gasteiger partial charge in [-0.25, -0.2) is 0 Å². The lowest BCUT2D eigenvalue weighted by molar-refractivity contribution is 0.0305. The first-order valence-corrected chi connectivity index (χ1v) is 11.3. The van der Waals surface area contributed by atoms with Crippen LogP contribution in [0.4, 0.5) is 5.69 Å². The molecule has 4 nitrogen and oxygen atoms in total. The lowest BCUT2D eigenvalue weighted by Gasteiger charge is -2.47. The monoisotopic (exact) mass is 393 g/mol. The zero-order valence-electron chi connectivity index (χ0n) is 17.5. The van der Waals surface area contributed by atoms with Crippen LogP contribution in [0.15, 0.2) is 60.7 Å². The molecule has 4 rings (SSSR count). The number of para-hydroxylation sites is 1. The number of hydrogen-bond acceptors (Lipinski definition) is 4. The second kappa shape index (κ2) is 10.2. The number of benzene rings is 2. The molecule has 29 heavy (non-hydrogen) atoms. The predicted octanol–water partition coefficient (Wildman–Crippen LogP) is 3.27. The molecule has 0 aliphatic carbocycles. The Kier molecular flexibility index (Phi) is 7.20. The van der Waals surface area contributed by atoms with Crippen molar-refractivity contribution in [2.75, 3.05) is 50.8 Å². The largest absolute Gasteiger partial charge is 0.396 e. The van der Waals surface area contributed by atoms with Crippen LogP contribution >= 0.6 is 0 Å². The minimum atomic E-state index is 0.285. The van der Waals surface area contributed by atoms with Gasteiger partial charge < -0.3 is 10.0 Å². The van der Waals surface area contributed by atoms with E-state index in [9.17, 15) is 5.11 Å². The molecule has 2 fully saturated rings. The van der Waals surface area contributed by atoms with Gasteiger partial charge in [0.1, 0.15) is 0 Å². The third kappa shape index (κ3) is 5.39. The van der Waals surface area contributed by atoms with Gasteiger partial charge in [-0.3, -0.25) is 9.80 Å². The molecule has 4 heteroatoms. The molecule has 1 N–H and O–H groups in total. The van der Waals surface area contributed by atoms with Gasteiger partial charge in [0.15, 0.2) is 0 Å². The summed E-state index contributed by atoms with van der Waals surface area (Å²) in [6.45, 7) is 7.05. The third-order valence-corrected chi connectivity index (χ3v) is 6.73. The van der Waals surface area contributed by atoms with Crippen molar-refractivity contribution in [3.63, 3.8) is 0 Å². The topological polar surface area (TPSA) is 30.0 Å². The van der Waals surface area contributed by atoms with Gasteiger partial charge in [0, 0.05) is 63.6 Å². The van der Waals surface area contributed by atoms with Crippen molar-refractivity contribution in [1.82, 2.24) is 9.80 Å². The van der Waals surface area contributed by atoms with Crippen LogP contribution in [0, 0.1) is 0 Å². The molecule has 0 saturated carbocycles. The van der Waals surface area contributed by atoms with Crippen LogP contribution in [-0.2, 0) is 6.42 Å². The maximum atomic E-state index is 9.63. The lowest BCUT2D eigenvalue weighted by atomic mass is 9.99. The molecule has 0 unspecified atom stereocenters. The van der Waals surface area contributed by atoms with Crippen molar-refractivity contribution in [2.45, 2.75) is 37.8 Å². The highest BCUT2D eigenvalue weighted by Gasteiger charge is 2.32. The van der Waals surface area contributed by atoms with Crippen LogP contribution < -0.4 is 4.90 Å². The second-order valence-electron chi connectivity index (χ2n) is 8.49. The average Bonchev–Trinajstić information content (AvgIpc) is 2.80. The number of aliphatic hydroxyl groups is 1. The molecule has 156 valence electrons. The Morgan fingerprint density at radius 3 is 2.21 bits per heavy atom. The smallest absolute Gasteiger partial charge is 0.0446 e. The van der Waals surface area contributed by atoms with Crippen LogP contribution in [-0.4, -0.2) is 72.9 Å². The number of hydrogen-bond donors (Lipinski definition) is 1. The summed E-state index contributed by atoms with van der Waals surface area (Å²) in [5.74, 6) is 0. The maximum Gasteiger partial charge on any atom is 0.0446 e. The molecule has 2 heterocycles. The quantitative estimate of drug-likeness (QED) is 0.782. The standard InChI is InChI=1S/C25H35N3O/c29-20-14-25-21-28(19-18-27(25)15-11-22-7-3-1-4-8-22)24-12-16-26(17-13-24)23-9-5-2-6-10-23/h1-10,24-25,29H,11-21H2/t25-/m1/s1. The number of piperidine rings is 1. The van der Waals surface area contributed by atoms with E-state index in [1.165, 1.54) is 24.1 Å². The van der Waals surface area contributed by atoms with Crippen LogP contribution in [0.5, 0.6) is 0 Å². The maximum absolute atomic E-state index is 9.63. The van der Waals surface area contributed by atoms with Gasteiger partial charge in [0.05, 0.1) is 0 Å². The minimum Gasteiger partial charge on any atom is -0.396 e. The molecule has 1 atom stereocenters. The second-order valence-corrected chi connectivity index (χ2v) is 8.49. The Labute approximate surface area is 175 Å². The number of nitrogens with zero attached hydrogens (tertiary/aromatic N) is 3. The van der Waals surface area contributed by atoms with Gasteiger partial charge >= 0.3 is 0 Å². The summed E-state index contributed by atoms with van der Waals surface area (Å²) in [5, 5.41) is 9.63. The van der Waals surface area contributed by atoms with Gasteiger partial charge in [-0.05, 0) is 43.4 Å². The fraction of sp³-hybridized carbons (Fsp3) is 0.520. The van der Waals surface area contributed by atoms with Crippen molar-refractivity contribution in [3.05, 3.63) is 66.2 Å². The summed E-state index contributed by atoms with van der Waals surface area (Å²) >= 11 is 0. The molecule has 2 aromatic carbocycles. The first-order chi connectivity index (χ1) is 14.3. The number of anilines is 1. The first kappa shape index (κ1) is 20.4. The number of piperazine rings is 1. The van der Waals surface area contributed by atoms with Crippen molar-refractivity contribution >= 4 is 5.69 Å². The van der Waals surface area contributed by atoms with Crippen molar-refractivity contribution in [1.29, 1.82) is 0 Å². The van der Waals surface area contributed by atoms with Gasteiger partial charge in [-0.2, -0.15) is 0 Å². The van der Waals surface area contributed by atoms with Crippen LogP contribution in [0.25, 0.3) is 0 Å². The van der Waals surface area contributed by atoms with E-state index < -0.39 is 0 Å². The van der Waals surface area contributed by atoms with Crippen molar-refractivity contribution in [2.24, 2.45) is 0 Å². The molecule has 2 saturated heterocycles. The predicted molar refractivity (Wildman–Crippen MR) is 120 cm³/mol. The fourth-order valence-electron chi connectivity index (χ4n) is 5.01.